The maximum absolute atomic E-state index is 12.6. The highest BCUT2D eigenvalue weighted by Crippen LogP contribution is 2.31. The normalized spacial score (nSPS) is 11.9. The number of amides is 2. The molecule has 0 aliphatic carbocycles. The molecule has 0 atom stereocenters. The molecular weight excluding hydrogens is 496 g/mol. The number of thiazole rings is 1. The number of aromatic nitrogens is 1. The molecule has 3 N–H and O–H groups in total. The van der Waals surface area contributed by atoms with Crippen LogP contribution < -0.4 is 16.0 Å². The first-order valence-electron chi connectivity index (χ1n) is 13.4. The Bertz CT molecular complexity index is 1220. The molecule has 2 aromatic carbocycles. The summed E-state index contributed by atoms with van der Waals surface area (Å²) < 4.78 is 7.23. The lowest BCUT2D eigenvalue weighted by molar-refractivity contribution is -0.124. The van der Waals surface area contributed by atoms with Gasteiger partial charge < -0.3 is 20.7 Å². The molecule has 1 heterocycles. The predicted octanol–water partition coefficient (Wildman–Crippen LogP) is 6.07. The molecule has 1 aromatic heterocycles. The van der Waals surface area contributed by atoms with E-state index in [0.29, 0.717) is 45.4 Å². The van der Waals surface area contributed by atoms with Crippen LogP contribution in [0.25, 0.3) is 20.8 Å². The van der Waals surface area contributed by atoms with Gasteiger partial charge in [-0.2, -0.15) is 0 Å². The minimum Gasteiger partial charge on any atom is -0.385 e. The Kier molecular flexibility index (Phi) is 10.3. The first kappa shape index (κ1) is 29.6. The predicted molar refractivity (Wildman–Crippen MR) is 158 cm³/mol. The summed E-state index contributed by atoms with van der Waals surface area (Å²) >= 11 is 1.70. The second-order valence-corrected chi connectivity index (χ2v) is 12.0. The summed E-state index contributed by atoms with van der Waals surface area (Å²) in [5, 5.41) is 10.3. The third-order valence-corrected chi connectivity index (χ3v) is 7.45. The first-order valence-corrected chi connectivity index (χ1v) is 14.2. The average Bonchev–Trinajstić information content (AvgIpc) is 3.26. The fourth-order valence-electron chi connectivity index (χ4n) is 4.06. The molecule has 206 valence electrons. The number of anilines is 1. The van der Waals surface area contributed by atoms with E-state index in [1.54, 1.807) is 11.3 Å². The molecule has 2 amide bonds. The summed E-state index contributed by atoms with van der Waals surface area (Å²) in [5.41, 5.74) is 3.55. The average molecular weight is 539 g/mol. The Labute approximate surface area is 230 Å². The third kappa shape index (κ3) is 9.40. The van der Waals surface area contributed by atoms with Crippen molar-refractivity contribution in [1.29, 1.82) is 0 Å². The molecule has 0 saturated carbocycles. The fraction of sp³-hybridized carbons (Fsp3) is 0.500. The van der Waals surface area contributed by atoms with Crippen molar-refractivity contribution in [2.75, 3.05) is 25.0 Å². The van der Waals surface area contributed by atoms with Gasteiger partial charge in [-0.15, -0.1) is 11.3 Å². The van der Waals surface area contributed by atoms with Gasteiger partial charge in [0.1, 0.15) is 5.01 Å². The van der Waals surface area contributed by atoms with Crippen LogP contribution in [0.15, 0.2) is 42.5 Å². The lowest BCUT2D eigenvalue weighted by Gasteiger charge is -2.30. The van der Waals surface area contributed by atoms with E-state index in [1.165, 1.54) is 10.3 Å². The van der Waals surface area contributed by atoms with E-state index in [1.807, 2.05) is 46.8 Å². The van der Waals surface area contributed by atoms with Crippen molar-refractivity contribution < 1.29 is 14.3 Å². The smallest absolute Gasteiger partial charge is 0.222 e. The van der Waals surface area contributed by atoms with Gasteiger partial charge in [-0.1, -0.05) is 6.07 Å². The van der Waals surface area contributed by atoms with E-state index in [2.05, 4.69) is 53.2 Å². The minimum absolute atomic E-state index is 0.000568. The highest BCUT2D eigenvalue weighted by molar-refractivity contribution is 7.21. The lowest BCUT2D eigenvalue weighted by Crippen LogP contribution is -2.45. The molecule has 38 heavy (non-hydrogen) atoms. The number of ether oxygens (including phenoxy) is 1. The van der Waals surface area contributed by atoms with Crippen molar-refractivity contribution in [2.24, 2.45) is 0 Å². The number of nitrogens with one attached hydrogen (secondary N) is 3. The molecular formula is C30H42N4O3S. The molecule has 0 aliphatic heterocycles. The Hall–Kier alpha value is -2.97. The van der Waals surface area contributed by atoms with Crippen LogP contribution in [0.3, 0.4) is 0 Å². The largest absolute Gasteiger partial charge is 0.385 e. The molecule has 0 unspecified atom stereocenters. The number of rotatable bonds is 14. The third-order valence-electron chi connectivity index (χ3n) is 6.38. The van der Waals surface area contributed by atoms with Crippen LogP contribution in [0.2, 0.25) is 0 Å². The molecule has 0 radical (unpaired) electrons. The van der Waals surface area contributed by atoms with Gasteiger partial charge in [-0.3, -0.25) is 9.59 Å². The number of nitrogens with zero attached hydrogens (tertiary/aromatic N) is 1. The van der Waals surface area contributed by atoms with Gasteiger partial charge in [0, 0.05) is 49.3 Å². The highest BCUT2D eigenvalue weighted by atomic mass is 32.1. The zero-order chi connectivity index (χ0) is 27.8. The van der Waals surface area contributed by atoms with E-state index in [9.17, 15) is 9.59 Å². The number of carbonyl (C=O) groups is 2. The summed E-state index contributed by atoms with van der Waals surface area (Å²) in [6.07, 6.45) is 2.15. The summed E-state index contributed by atoms with van der Waals surface area (Å²) in [5.74, 6) is 0.0453. The van der Waals surface area contributed by atoms with Crippen LogP contribution in [-0.4, -0.2) is 47.6 Å². The number of carbonyl (C=O) groups excluding carboxylic acids is 2. The van der Waals surface area contributed by atoms with Gasteiger partial charge in [0.05, 0.1) is 15.8 Å². The molecule has 3 aromatic rings. The standard InChI is InChI=1S/C30H42N4O3S/c1-7-31-26(35)14-16-30(5,6)37-19-17-29(3,4)34-27(36)15-18-32-23-11-9-22(10-12-23)28-33-24-13-8-21(2)20-25(24)38-28/h8-13,20,32H,7,14-19H2,1-6H3,(H,31,35)(H,34,36). The van der Waals surface area contributed by atoms with Gasteiger partial charge in [0.15, 0.2) is 0 Å². The highest BCUT2D eigenvalue weighted by Gasteiger charge is 2.24. The molecule has 0 spiro atoms. The zero-order valence-electron chi connectivity index (χ0n) is 23.6. The van der Waals surface area contributed by atoms with Crippen molar-refractivity contribution in [3.05, 3.63) is 48.0 Å². The van der Waals surface area contributed by atoms with Crippen LogP contribution in [0, 0.1) is 6.92 Å². The van der Waals surface area contributed by atoms with Crippen molar-refractivity contribution in [3.63, 3.8) is 0 Å². The summed E-state index contributed by atoms with van der Waals surface area (Å²) in [7, 11) is 0. The van der Waals surface area contributed by atoms with Gasteiger partial charge in [-0.25, -0.2) is 4.98 Å². The monoisotopic (exact) mass is 538 g/mol. The number of aryl methyl sites for hydroxylation is 1. The molecule has 0 saturated heterocycles. The van der Waals surface area contributed by atoms with E-state index < -0.39 is 5.60 Å². The number of hydrogen-bond acceptors (Lipinski definition) is 6. The molecule has 7 nitrogen and oxygen atoms in total. The topological polar surface area (TPSA) is 92.4 Å². The summed E-state index contributed by atoms with van der Waals surface area (Å²) in [4.78, 5) is 29.0. The van der Waals surface area contributed by atoms with Crippen molar-refractivity contribution >= 4 is 39.1 Å². The number of fused-ring (bicyclic) bond motifs is 1. The van der Waals surface area contributed by atoms with Crippen molar-refractivity contribution in [1.82, 2.24) is 15.6 Å². The van der Waals surface area contributed by atoms with Gasteiger partial charge in [0.25, 0.3) is 0 Å². The Morgan fingerprint density at radius 3 is 2.42 bits per heavy atom. The second-order valence-electron chi connectivity index (χ2n) is 11.0. The quantitative estimate of drug-likeness (QED) is 0.232. The molecule has 0 fully saturated rings. The van der Waals surface area contributed by atoms with Crippen LogP contribution in [-0.2, 0) is 14.3 Å². The van der Waals surface area contributed by atoms with E-state index in [4.69, 9.17) is 9.72 Å². The maximum atomic E-state index is 12.6. The van der Waals surface area contributed by atoms with Crippen LogP contribution in [0.5, 0.6) is 0 Å². The van der Waals surface area contributed by atoms with Crippen LogP contribution in [0.4, 0.5) is 5.69 Å². The number of benzene rings is 2. The second kappa shape index (κ2) is 13.2. The maximum Gasteiger partial charge on any atom is 0.222 e. The molecule has 0 aliphatic rings. The summed E-state index contributed by atoms with van der Waals surface area (Å²) in [6.45, 7) is 13.7. The Morgan fingerprint density at radius 1 is 0.974 bits per heavy atom. The van der Waals surface area contributed by atoms with E-state index >= 15 is 0 Å². The lowest BCUT2D eigenvalue weighted by atomic mass is 9.99. The van der Waals surface area contributed by atoms with Gasteiger partial charge >= 0.3 is 0 Å². The van der Waals surface area contributed by atoms with Gasteiger partial charge in [0.2, 0.25) is 11.8 Å². The minimum atomic E-state index is -0.392. The molecule has 8 heteroatoms. The van der Waals surface area contributed by atoms with Crippen LogP contribution in [0.1, 0.15) is 65.9 Å². The number of hydrogen-bond donors (Lipinski definition) is 3. The SMILES string of the molecule is CCNC(=O)CCC(C)(C)OCCC(C)(C)NC(=O)CCNc1ccc(-c2nc3ccc(C)cc3s2)cc1. The Morgan fingerprint density at radius 2 is 1.71 bits per heavy atom. The summed E-state index contributed by atoms with van der Waals surface area (Å²) in [6, 6.07) is 14.5. The van der Waals surface area contributed by atoms with E-state index in [0.717, 1.165) is 21.8 Å². The molecule has 3 rings (SSSR count). The van der Waals surface area contributed by atoms with Crippen LogP contribution >= 0.6 is 11.3 Å². The van der Waals surface area contributed by atoms with Crippen molar-refractivity contribution in [3.8, 4) is 10.6 Å². The van der Waals surface area contributed by atoms with E-state index in [-0.39, 0.29) is 17.4 Å². The fourth-order valence-corrected chi connectivity index (χ4v) is 5.13. The first-order chi connectivity index (χ1) is 18.0. The van der Waals surface area contributed by atoms with Gasteiger partial charge in [-0.05, 0) is 96.3 Å². The molecule has 0 bridgehead atoms. The van der Waals surface area contributed by atoms with Crippen molar-refractivity contribution in [2.45, 2.75) is 78.4 Å². The Balaban J connectivity index is 1.38. The zero-order valence-corrected chi connectivity index (χ0v) is 24.4.